The predicted molar refractivity (Wildman–Crippen MR) is 116 cm³/mol. The lowest BCUT2D eigenvalue weighted by Crippen LogP contribution is -2.28. The molecule has 34 heavy (non-hydrogen) atoms. The number of pyridine rings is 1. The van der Waals surface area contributed by atoms with E-state index in [0.717, 1.165) is 0 Å². The molecule has 0 bridgehead atoms. The molecule has 178 valence electrons. The molecule has 3 rings (SSSR count). The third kappa shape index (κ3) is 6.35. The fourth-order valence-corrected chi connectivity index (χ4v) is 3.01. The van der Waals surface area contributed by atoms with Crippen LogP contribution in [0.2, 0.25) is 5.02 Å². The molecule has 0 aliphatic carbocycles. The van der Waals surface area contributed by atoms with Crippen LogP contribution in [0.4, 0.5) is 28.0 Å². The summed E-state index contributed by atoms with van der Waals surface area (Å²) in [5.74, 6) is -0.629. The Morgan fingerprint density at radius 2 is 1.76 bits per heavy atom. The van der Waals surface area contributed by atoms with Gasteiger partial charge in [0.2, 0.25) is 0 Å². The van der Waals surface area contributed by atoms with Crippen LogP contribution in [0.1, 0.15) is 21.6 Å². The van der Waals surface area contributed by atoms with Crippen LogP contribution in [-0.2, 0) is 12.7 Å². The highest BCUT2D eigenvalue weighted by Crippen LogP contribution is 2.37. The van der Waals surface area contributed by atoms with Crippen molar-refractivity contribution in [3.8, 4) is 11.5 Å². The summed E-state index contributed by atoms with van der Waals surface area (Å²) in [4.78, 5) is 27.6. The maximum Gasteiger partial charge on any atom is 0.417 e. The summed E-state index contributed by atoms with van der Waals surface area (Å²) >= 11 is 5.44. The molecule has 2 aromatic carbocycles. The smallest absolute Gasteiger partial charge is 0.417 e. The Morgan fingerprint density at radius 1 is 1.06 bits per heavy atom. The first kappa shape index (κ1) is 24.8. The Morgan fingerprint density at radius 3 is 2.41 bits per heavy atom. The number of ether oxygens (including phenoxy) is 1. The van der Waals surface area contributed by atoms with Gasteiger partial charge in [0.25, 0.3) is 5.91 Å². The Balaban J connectivity index is 1.59. The third-order valence-corrected chi connectivity index (χ3v) is 4.73. The molecule has 0 saturated heterocycles. The minimum Gasteiger partial charge on any atom is -0.457 e. The maximum absolute atomic E-state index is 13.9. The van der Waals surface area contributed by atoms with Crippen molar-refractivity contribution in [3.63, 3.8) is 0 Å². The number of hydrogen-bond acceptors (Lipinski definition) is 4. The lowest BCUT2D eigenvalue weighted by Gasteiger charge is -2.13. The van der Waals surface area contributed by atoms with Crippen molar-refractivity contribution < 1.29 is 31.9 Å². The highest BCUT2D eigenvalue weighted by atomic mass is 35.5. The molecule has 7 nitrogen and oxygen atoms in total. The number of aromatic nitrogens is 1. The van der Waals surface area contributed by atoms with Crippen molar-refractivity contribution >= 4 is 29.2 Å². The Kier molecular flexibility index (Phi) is 7.57. The Labute approximate surface area is 196 Å². The molecule has 1 heterocycles. The van der Waals surface area contributed by atoms with Crippen LogP contribution in [0.15, 0.2) is 54.7 Å². The van der Waals surface area contributed by atoms with E-state index in [1.807, 2.05) is 5.32 Å². The maximum atomic E-state index is 13.9. The molecular formula is C22H17ClF4N4O3. The lowest BCUT2D eigenvalue weighted by atomic mass is 10.2. The van der Waals surface area contributed by atoms with E-state index in [1.165, 1.54) is 19.3 Å². The standard InChI is InChI=1S/C22H17ClF4N4O3/c1-28-20(32)19-8-14(6-7-29-19)34-13-4-2-12(3-5-13)11-30-21(33)31-18-9-15(22(25,26)27)16(23)10-17(18)24/h2-10H,11H2,1H3,(H,28,32)(H2,30,31,33). The number of rotatable bonds is 6. The van der Waals surface area contributed by atoms with Gasteiger partial charge in [0.15, 0.2) is 0 Å². The molecule has 1 aromatic heterocycles. The Hall–Kier alpha value is -3.86. The first-order valence-corrected chi connectivity index (χ1v) is 10.0. The zero-order valence-electron chi connectivity index (χ0n) is 17.5. The topological polar surface area (TPSA) is 92.4 Å². The van der Waals surface area contributed by atoms with Gasteiger partial charge in [-0.1, -0.05) is 23.7 Å². The molecule has 0 fully saturated rings. The van der Waals surface area contributed by atoms with Crippen LogP contribution in [0.5, 0.6) is 11.5 Å². The van der Waals surface area contributed by atoms with E-state index in [1.54, 1.807) is 30.3 Å². The second-order valence-electron chi connectivity index (χ2n) is 6.82. The average molecular weight is 497 g/mol. The first-order chi connectivity index (χ1) is 16.1. The van der Waals surface area contributed by atoms with E-state index in [0.29, 0.717) is 29.2 Å². The number of hydrogen-bond donors (Lipinski definition) is 3. The molecule has 3 N–H and O–H groups in total. The number of carbonyl (C=O) groups is 2. The minimum atomic E-state index is -4.80. The summed E-state index contributed by atoms with van der Waals surface area (Å²) in [6, 6.07) is 9.56. The van der Waals surface area contributed by atoms with E-state index < -0.39 is 34.3 Å². The molecule has 3 amide bonds. The molecule has 0 unspecified atom stereocenters. The highest BCUT2D eigenvalue weighted by molar-refractivity contribution is 6.31. The number of halogens is 5. The largest absolute Gasteiger partial charge is 0.457 e. The van der Waals surface area contributed by atoms with Crippen molar-refractivity contribution in [2.24, 2.45) is 0 Å². The van der Waals surface area contributed by atoms with E-state index in [2.05, 4.69) is 15.6 Å². The van der Waals surface area contributed by atoms with Gasteiger partial charge >= 0.3 is 12.2 Å². The fraction of sp³-hybridized carbons (Fsp3) is 0.136. The number of anilines is 1. The van der Waals surface area contributed by atoms with Crippen LogP contribution in [0.25, 0.3) is 0 Å². The number of carbonyl (C=O) groups excluding carboxylic acids is 2. The fourth-order valence-electron chi connectivity index (χ4n) is 2.75. The summed E-state index contributed by atoms with van der Waals surface area (Å²) in [5.41, 5.74) is -1.10. The van der Waals surface area contributed by atoms with E-state index >= 15 is 0 Å². The van der Waals surface area contributed by atoms with Crippen molar-refractivity contribution in [1.29, 1.82) is 0 Å². The molecule has 0 spiro atoms. The Bertz CT molecular complexity index is 1200. The average Bonchev–Trinajstić information content (AvgIpc) is 2.79. The zero-order valence-corrected chi connectivity index (χ0v) is 18.2. The number of nitrogens with one attached hydrogen (secondary N) is 3. The number of benzene rings is 2. The molecule has 0 atom stereocenters. The lowest BCUT2D eigenvalue weighted by molar-refractivity contribution is -0.137. The van der Waals surface area contributed by atoms with Crippen LogP contribution >= 0.6 is 11.6 Å². The molecule has 0 radical (unpaired) electrons. The zero-order chi connectivity index (χ0) is 24.9. The van der Waals surface area contributed by atoms with Crippen LogP contribution in [-0.4, -0.2) is 24.0 Å². The van der Waals surface area contributed by atoms with Crippen molar-refractivity contribution in [3.05, 3.63) is 82.4 Å². The van der Waals surface area contributed by atoms with Gasteiger partial charge in [-0.3, -0.25) is 9.78 Å². The number of alkyl halides is 3. The second kappa shape index (κ2) is 10.4. The van der Waals surface area contributed by atoms with Gasteiger partial charge in [-0.15, -0.1) is 0 Å². The number of nitrogens with zero attached hydrogens (tertiary/aromatic N) is 1. The van der Waals surface area contributed by atoms with E-state index in [4.69, 9.17) is 16.3 Å². The summed E-state index contributed by atoms with van der Waals surface area (Å²) in [5, 5.41) is 6.10. The predicted octanol–water partition coefficient (Wildman–Crippen LogP) is 5.37. The molecule has 0 aliphatic heterocycles. The van der Waals surface area contributed by atoms with Gasteiger partial charge in [-0.05, 0) is 35.9 Å². The van der Waals surface area contributed by atoms with Gasteiger partial charge in [-0.2, -0.15) is 13.2 Å². The van der Waals surface area contributed by atoms with Crippen molar-refractivity contribution in [1.82, 2.24) is 15.6 Å². The van der Waals surface area contributed by atoms with Crippen LogP contribution in [0.3, 0.4) is 0 Å². The monoisotopic (exact) mass is 496 g/mol. The second-order valence-corrected chi connectivity index (χ2v) is 7.23. The molecule has 0 aliphatic rings. The van der Waals surface area contributed by atoms with Gasteiger partial charge in [-0.25, -0.2) is 9.18 Å². The van der Waals surface area contributed by atoms with Gasteiger partial charge < -0.3 is 20.7 Å². The van der Waals surface area contributed by atoms with Crippen molar-refractivity contribution in [2.45, 2.75) is 12.7 Å². The molecule has 3 aromatic rings. The summed E-state index contributed by atoms with van der Waals surface area (Å²) in [6.45, 7) is 0.00350. The summed E-state index contributed by atoms with van der Waals surface area (Å²) in [6.07, 6.45) is -3.38. The van der Waals surface area contributed by atoms with Crippen LogP contribution < -0.4 is 20.7 Å². The van der Waals surface area contributed by atoms with Crippen LogP contribution in [0, 0.1) is 5.82 Å². The number of urea groups is 1. The quantitative estimate of drug-likeness (QED) is 0.400. The minimum absolute atomic E-state index is 0.00350. The summed E-state index contributed by atoms with van der Waals surface area (Å²) < 4.78 is 58.4. The third-order valence-electron chi connectivity index (χ3n) is 4.41. The van der Waals surface area contributed by atoms with Crippen molar-refractivity contribution in [2.75, 3.05) is 12.4 Å². The SMILES string of the molecule is CNC(=O)c1cc(Oc2ccc(CNC(=O)Nc3cc(C(F)(F)F)c(Cl)cc3F)cc2)ccn1. The molecule has 0 saturated carbocycles. The van der Waals surface area contributed by atoms with Gasteiger partial charge in [0.05, 0.1) is 16.3 Å². The normalized spacial score (nSPS) is 11.0. The molecule has 12 heteroatoms. The summed E-state index contributed by atoms with van der Waals surface area (Å²) in [7, 11) is 1.48. The van der Waals surface area contributed by atoms with E-state index in [9.17, 15) is 27.2 Å². The molecular weight excluding hydrogens is 480 g/mol. The highest BCUT2D eigenvalue weighted by Gasteiger charge is 2.34. The first-order valence-electron chi connectivity index (χ1n) is 9.63. The number of amides is 3. The van der Waals surface area contributed by atoms with E-state index in [-0.39, 0.29) is 18.1 Å². The van der Waals surface area contributed by atoms with Gasteiger partial charge in [0.1, 0.15) is 23.0 Å². The van der Waals surface area contributed by atoms with Gasteiger partial charge in [0, 0.05) is 25.9 Å².